The van der Waals surface area contributed by atoms with E-state index in [1.807, 2.05) is 12.1 Å². The average Bonchev–Trinajstić information content (AvgIpc) is 2.85. The van der Waals surface area contributed by atoms with Crippen LogP contribution in [-0.2, 0) is 4.74 Å². The molecule has 0 bridgehead atoms. The Morgan fingerprint density at radius 2 is 2.06 bits per heavy atom. The van der Waals surface area contributed by atoms with Gasteiger partial charge in [0.05, 0.1) is 6.10 Å². The van der Waals surface area contributed by atoms with Gasteiger partial charge in [-0.1, -0.05) is 12.1 Å². The van der Waals surface area contributed by atoms with Gasteiger partial charge in [-0.3, -0.25) is 0 Å². The van der Waals surface area contributed by atoms with E-state index in [0.29, 0.717) is 17.2 Å². The Kier molecular flexibility index (Phi) is 4.36. The lowest BCUT2D eigenvalue weighted by Gasteiger charge is -2.16. The molecule has 100 valence electrons. The molecule has 1 fully saturated rings. The predicted molar refractivity (Wildman–Crippen MR) is 71.0 cm³/mol. The third-order valence-corrected chi connectivity index (χ3v) is 3.71. The van der Waals surface area contributed by atoms with Gasteiger partial charge in [0.2, 0.25) is 0 Å². The number of hydrogen-bond acceptors (Lipinski definition) is 2. The van der Waals surface area contributed by atoms with Crippen molar-refractivity contribution in [2.75, 3.05) is 6.61 Å². The lowest BCUT2D eigenvalue weighted by molar-refractivity contribution is 0.101. The van der Waals surface area contributed by atoms with E-state index in [0.717, 1.165) is 37.9 Å². The van der Waals surface area contributed by atoms with Crippen molar-refractivity contribution < 1.29 is 9.13 Å². The number of aryl methyl sites for hydroxylation is 2. The molecule has 1 heterocycles. The molecule has 0 amide bonds. The summed E-state index contributed by atoms with van der Waals surface area (Å²) >= 11 is 0. The highest BCUT2D eigenvalue weighted by Crippen LogP contribution is 2.25. The molecule has 1 aromatic carbocycles. The molecule has 18 heavy (non-hydrogen) atoms. The molecule has 2 nitrogen and oxygen atoms in total. The topological polar surface area (TPSA) is 35.2 Å². The van der Waals surface area contributed by atoms with Crippen LogP contribution in [0.1, 0.15) is 48.4 Å². The van der Waals surface area contributed by atoms with E-state index in [1.54, 1.807) is 13.8 Å². The van der Waals surface area contributed by atoms with Crippen molar-refractivity contribution in [2.24, 2.45) is 5.73 Å². The highest BCUT2D eigenvalue weighted by atomic mass is 19.1. The highest BCUT2D eigenvalue weighted by molar-refractivity contribution is 5.32. The molecular formula is C15H22FNO. The molecule has 2 rings (SSSR count). The van der Waals surface area contributed by atoms with Gasteiger partial charge < -0.3 is 10.5 Å². The van der Waals surface area contributed by atoms with Crippen LogP contribution in [0.2, 0.25) is 0 Å². The van der Waals surface area contributed by atoms with Gasteiger partial charge in [0, 0.05) is 12.6 Å². The normalized spacial score (nSPS) is 21.2. The summed E-state index contributed by atoms with van der Waals surface area (Å²) in [7, 11) is 0. The molecular weight excluding hydrogens is 229 g/mol. The van der Waals surface area contributed by atoms with E-state index in [2.05, 4.69) is 0 Å². The van der Waals surface area contributed by atoms with E-state index in [-0.39, 0.29) is 11.9 Å². The summed E-state index contributed by atoms with van der Waals surface area (Å²) in [6, 6.07) is 3.71. The fourth-order valence-corrected chi connectivity index (χ4v) is 2.60. The van der Waals surface area contributed by atoms with Gasteiger partial charge in [-0.25, -0.2) is 4.39 Å². The first-order valence-electron chi connectivity index (χ1n) is 6.71. The molecule has 2 atom stereocenters. The van der Waals surface area contributed by atoms with Crippen molar-refractivity contribution in [2.45, 2.75) is 51.7 Å². The third-order valence-electron chi connectivity index (χ3n) is 3.71. The van der Waals surface area contributed by atoms with Crippen LogP contribution in [0.15, 0.2) is 12.1 Å². The van der Waals surface area contributed by atoms with E-state index < -0.39 is 0 Å². The highest BCUT2D eigenvalue weighted by Gasteiger charge is 2.17. The number of halogens is 1. The predicted octanol–water partition coefficient (Wildman–Crippen LogP) is 3.40. The van der Waals surface area contributed by atoms with E-state index in [4.69, 9.17) is 10.5 Å². The lowest BCUT2D eigenvalue weighted by atomic mass is 9.96. The first-order chi connectivity index (χ1) is 8.58. The first-order valence-corrected chi connectivity index (χ1v) is 6.71. The Hall–Kier alpha value is -0.930. The summed E-state index contributed by atoms with van der Waals surface area (Å²) in [6.45, 7) is 4.46. The van der Waals surface area contributed by atoms with Crippen LogP contribution >= 0.6 is 0 Å². The van der Waals surface area contributed by atoms with Crippen LogP contribution in [0.4, 0.5) is 4.39 Å². The van der Waals surface area contributed by atoms with Crippen molar-refractivity contribution in [3.63, 3.8) is 0 Å². The minimum Gasteiger partial charge on any atom is -0.378 e. The Morgan fingerprint density at radius 3 is 2.61 bits per heavy atom. The second-order valence-electron chi connectivity index (χ2n) is 5.29. The molecule has 0 aliphatic carbocycles. The van der Waals surface area contributed by atoms with Crippen LogP contribution in [0.25, 0.3) is 0 Å². The molecule has 0 aromatic heterocycles. The molecule has 1 saturated heterocycles. The van der Waals surface area contributed by atoms with Gasteiger partial charge in [-0.2, -0.15) is 0 Å². The molecule has 3 heteroatoms. The second-order valence-corrected chi connectivity index (χ2v) is 5.29. The molecule has 2 N–H and O–H groups in total. The maximum atomic E-state index is 13.5. The van der Waals surface area contributed by atoms with Crippen molar-refractivity contribution >= 4 is 0 Å². The summed E-state index contributed by atoms with van der Waals surface area (Å²) in [5.41, 5.74) is 8.57. The van der Waals surface area contributed by atoms with Crippen LogP contribution in [0.5, 0.6) is 0 Å². The summed E-state index contributed by atoms with van der Waals surface area (Å²) < 4.78 is 19.1. The fraction of sp³-hybridized carbons (Fsp3) is 0.600. The van der Waals surface area contributed by atoms with Crippen molar-refractivity contribution in [1.82, 2.24) is 0 Å². The van der Waals surface area contributed by atoms with Gasteiger partial charge in [0.15, 0.2) is 0 Å². The van der Waals surface area contributed by atoms with Gasteiger partial charge in [-0.15, -0.1) is 0 Å². The Labute approximate surface area is 108 Å². The van der Waals surface area contributed by atoms with Crippen LogP contribution < -0.4 is 5.73 Å². The number of nitrogens with two attached hydrogens (primary N) is 1. The zero-order chi connectivity index (χ0) is 13.1. The number of rotatable bonds is 4. The van der Waals surface area contributed by atoms with Gasteiger partial charge in [0.1, 0.15) is 5.82 Å². The molecule has 2 unspecified atom stereocenters. The van der Waals surface area contributed by atoms with Crippen LogP contribution in [0, 0.1) is 19.7 Å². The number of hydrogen-bond donors (Lipinski definition) is 1. The van der Waals surface area contributed by atoms with E-state index in [9.17, 15) is 4.39 Å². The Bertz CT molecular complexity index is 390. The van der Waals surface area contributed by atoms with Gasteiger partial charge in [-0.05, 0) is 56.2 Å². The molecule has 0 spiro atoms. The summed E-state index contributed by atoms with van der Waals surface area (Å²) in [4.78, 5) is 0. The Morgan fingerprint density at radius 1 is 1.39 bits per heavy atom. The summed E-state index contributed by atoms with van der Waals surface area (Å²) in [5.74, 6) is -0.120. The summed E-state index contributed by atoms with van der Waals surface area (Å²) in [6.07, 6.45) is 4.58. The third kappa shape index (κ3) is 3.09. The molecule has 1 aromatic rings. The van der Waals surface area contributed by atoms with Crippen molar-refractivity contribution in [1.29, 1.82) is 0 Å². The molecule has 0 radical (unpaired) electrons. The lowest BCUT2D eigenvalue weighted by Crippen LogP contribution is -2.15. The minimum atomic E-state index is -0.120. The quantitative estimate of drug-likeness (QED) is 0.890. The summed E-state index contributed by atoms with van der Waals surface area (Å²) in [5, 5.41) is 0. The molecule has 1 aliphatic rings. The average molecular weight is 251 g/mol. The van der Waals surface area contributed by atoms with Crippen molar-refractivity contribution in [3.8, 4) is 0 Å². The minimum absolute atomic E-state index is 0.0211. The number of benzene rings is 1. The van der Waals surface area contributed by atoms with E-state index in [1.165, 1.54) is 0 Å². The second kappa shape index (κ2) is 5.81. The van der Waals surface area contributed by atoms with Gasteiger partial charge in [0.25, 0.3) is 0 Å². The Balaban J connectivity index is 1.97. The monoisotopic (exact) mass is 251 g/mol. The maximum Gasteiger partial charge on any atom is 0.129 e. The van der Waals surface area contributed by atoms with Crippen molar-refractivity contribution in [3.05, 3.63) is 34.6 Å². The first kappa shape index (κ1) is 13.5. The van der Waals surface area contributed by atoms with Crippen LogP contribution in [-0.4, -0.2) is 12.7 Å². The van der Waals surface area contributed by atoms with E-state index >= 15 is 0 Å². The molecule has 0 saturated carbocycles. The fourth-order valence-electron chi connectivity index (χ4n) is 2.60. The smallest absolute Gasteiger partial charge is 0.129 e. The maximum absolute atomic E-state index is 13.5. The SMILES string of the molecule is Cc1cc(C(N)CCC2CCCO2)cc(C)c1F. The van der Waals surface area contributed by atoms with Crippen LogP contribution in [0.3, 0.4) is 0 Å². The zero-order valence-electron chi connectivity index (χ0n) is 11.2. The standard InChI is InChI=1S/C15H22FNO/c1-10-8-12(9-11(2)15(10)16)14(17)6-5-13-4-3-7-18-13/h8-9,13-14H,3-7,17H2,1-2H3. The zero-order valence-corrected chi connectivity index (χ0v) is 11.2. The molecule has 1 aliphatic heterocycles. The largest absolute Gasteiger partial charge is 0.378 e. The van der Waals surface area contributed by atoms with Gasteiger partial charge >= 0.3 is 0 Å². The number of ether oxygens (including phenoxy) is 1.